The number of aromatic nitrogens is 2. The van der Waals surface area contributed by atoms with Crippen molar-refractivity contribution in [3.8, 4) is 5.75 Å². The predicted molar refractivity (Wildman–Crippen MR) is 97.2 cm³/mol. The number of hydrogen-bond donors (Lipinski definition) is 1. The summed E-state index contributed by atoms with van der Waals surface area (Å²) in [6.45, 7) is 4.14. The van der Waals surface area contributed by atoms with E-state index in [2.05, 4.69) is 20.3 Å². The van der Waals surface area contributed by atoms with Gasteiger partial charge < -0.3 is 19.9 Å². The lowest BCUT2D eigenvalue weighted by Crippen LogP contribution is -2.49. The molecule has 1 aliphatic heterocycles. The molecule has 0 atom stereocenters. The number of anilines is 2. The maximum absolute atomic E-state index is 14.3. The molecule has 1 saturated heterocycles. The largest absolute Gasteiger partial charge is 0.491 e. The van der Waals surface area contributed by atoms with Crippen LogP contribution < -0.4 is 15.0 Å². The summed E-state index contributed by atoms with van der Waals surface area (Å²) >= 11 is 0. The van der Waals surface area contributed by atoms with Crippen LogP contribution in [-0.4, -0.2) is 60.8 Å². The number of benzene rings is 1. The van der Waals surface area contributed by atoms with Crippen molar-refractivity contribution in [3.05, 3.63) is 41.2 Å². The molecule has 150 valence electrons. The lowest BCUT2D eigenvalue weighted by molar-refractivity contribution is 0.0740. The van der Waals surface area contributed by atoms with Crippen molar-refractivity contribution >= 4 is 17.5 Å². The first kappa shape index (κ1) is 19.7. The van der Waals surface area contributed by atoms with Gasteiger partial charge in [-0.15, -0.1) is 10.2 Å². The van der Waals surface area contributed by atoms with E-state index in [9.17, 15) is 18.0 Å². The van der Waals surface area contributed by atoms with Gasteiger partial charge in [0.25, 0.3) is 5.91 Å². The van der Waals surface area contributed by atoms with E-state index in [0.29, 0.717) is 30.8 Å². The molecule has 1 aromatic carbocycles. The molecule has 3 rings (SSSR count). The summed E-state index contributed by atoms with van der Waals surface area (Å²) in [5.41, 5.74) is -0.556. The van der Waals surface area contributed by atoms with Crippen molar-refractivity contribution in [3.63, 3.8) is 0 Å². The maximum atomic E-state index is 14.3. The number of amides is 1. The molecular formula is C18H20F3N5O2. The summed E-state index contributed by atoms with van der Waals surface area (Å²) in [7, 11) is 1.01. The third-order valence-corrected chi connectivity index (χ3v) is 4.45. The SMILES string of the molecule is CCNc1ccc(N2CCN(C(=O)c3cc(F)c(F)c(OC)c3F)CC2)nn1. The van der Waals surface area contributed by atoms with Gasteiger partial charge in [0.2, 0.25) is 5.82 Å². The van der Waals surface area contributed by atoms with Gasteiger partial charge in [-0.05, 0) is 25.1 Å². The molecule has 1 amide bonds. The number of rotatable bonds is 5. The van der Waals surface area contributed by atoms with Crippen molar-refractivity contribution in [2.45, 2.75) is 6.92 Å². The Morgan fingerprint density at radius 3 is 2.43 bits per heavy atom. The smallest absolute Gasteiger partial charge is 0.257 e. The van der Waals surface area contributed by atoms with E-state index in [4.69, 9.17) is 0 Å². The van der Waals surface area contributed by atoms with E-state index >= 15 is 0 Å². The number of piperazine rings is 1. The van der Waals surface area contributed by atoms with E-state index in [1.54, 1.807) is 0 Å². The average Bonchev–Trinajstić information content (AvgIpc) is 2.72. The Hall–Kier alpha value is -3.04. The summed E-state index contributed by atoms with van der Waals surface area (Å²) in [5, 5.41) is 11.3. The minimum absolute atomic E-state index is 0.274. The first-order valence-corrected chi connectivity index (χ1v) is 8.79. The van der Waals surface area contributed by atoms with E-state index in [1.165, 1.54) is 4.90 Å². The van der Waals surface area contributed by atoms with E-state index < -0.39 is 34.7 Å². The molecule has 1 aromatic heterocycles. The second-order valence-electron chi connectivity index (χ2n) is 6.15. The van der Waals surface area contributed by atoms with Crippen LogP contribution in [0.5, 0.6) is 5.75 Å². The first-order chi connectivity index (χ1) is 13.5. The first-order valence-electron chi connectivity index (χ1n) is 8.79. The van der Waals surface area contributed by atoms with Crippen LogP contribution in [0.4, 0.5) is 24.8 Å². The number of hydrogen-bond acceptors (Lipinski definition) is 6. The van der Waals surface area contributed by atoms with Gasteiger partial charge in [-0.1, -0.05) is 0 Å². The van der Waals surface area contributed by atoms with Gasteiger partial charge in [0, 0.05) is 32.7 Å². The molecule has 2 aromatic rings. The summed E-state index contributed by atoms with van der Waals surface area (Å²) in [4.78, 5) is 15.9. The predicted octanol–water partition coefficient (Wildman–Crippen LogP) is 2.30. The van der Waals surface area contributed by atoms with Crippen LogP contribution >= 0.6 is 0 Å². The fourth-order valence-electron chi connectivity index (χ4n) is 2.99. The van der Waals surface area contributed by atoms with Crippen LogP contribution in [0.1, 0.15) is 17.3 Å². The van der Waals surface area contributed by atoms with Crippen LogP contribution in [-0.2, 0) is 0 Å². The van der Waals surface area contributed by atoms with Gasteiger partial charge in [-0.3, -0.25) is 4.79 Å². The molecule has 7 nitrogen and oxygen atoms in total. The van der Waals surface area contributed by atoms with Crippen LogP contribution in [0.2, 0.25) is 0 Å². The Labute approximate surface area is 160 Å². The molecule has 1 fully saturated rings. The van der Waals surface area contributed by atoms with E-state index in [-0.39, 0.29) is 13.1 Å². The lowest BCUT2D eigenvalue weighted by atomic mass is 10.1. The molecule has 2 heterocycles. The molecule has 1 aliphatic rings. The fourth-order valence-corrected chi connectivity index (χ4v) is 2.99. The number of carbonyl (C=O) groups excluding carboxylic acids is 1. The van der Waals surface area contributed by atoms with Gasteiger partial charge >= 0.3 is 0 Å². The Balaban J connectivity index is 1.69. The minimum atomic E-state index is -1.46. The van der Waals surface area contributed by atoms with Crippen molar-refractivity contribution in [2.75, 3.05) is 50.1 Å². The second kappa shape index (κ2) is 8.32. The van der Waals surface area contributed by atoms with Gasteiger partial charge in [0.1, 0.15) is 5.82 Å². The number of nitrogens with one attached hydrogen (secondary N) is 1. The van der Waals surface area contributed by atoms with Crippen LogP contribution in [0, 0.1) is 17.5 Å². The zero-order valence-electron chi connectivity index (χ0n) is 15.5. The third kappa shape index (κ3) is 3.80. The lowest BCUT2D eigenvalue weighted by Gasteiger charge is -2.35. The van der Waals surface area contributed by atoms with E-state index in [1.807, 2.05) is 24.0 Å². The van der Waals surface area contributed by atoms with Gasteiger partial charge in [-0.25, -0.2) is 8.78 Å². The Bertz CT molecular complexity index is 855. The highest BCUT2D eigenvalue weighted by atomic mass is 19.2. The number of methoxy groups -OCH3 is 1. The van der Waals surface area contributed by atoms with Gasteiger partial charge in [-0.2, -0.15) is 4.39 Å². The topological polar surface area (TPSA) is 70.6 Å². The number of nitrogens with zero attached hydrogens (tertiary/aromatic N) is 4. The second-order valence-corrected chi connectivity index (χ2v) is 6.15. The monoisotopic (exact) mass is 395 g/mol. The standard InChI is InChI=1S/C18H20F3N5O2/c1-3-22-13-4-5-14(24-23-13)25-6-8-26(9-7-25)18(27)11-10-12(19)16(21)17(28-2)15(11)20/h4-5,10H,3,6-9H2,1-2H3,(H,22,23). The summed E-state index contributed by atoms with van der Waals surface area (Å²) < 4.78 is 46.2. The molecule has 0 unspecified atom stereocenters. The van der Waals surface area contributed by atoms with Crippen molar-refractivity contribution in [2.24, 2.45) is 0 Å². The highest BCUT2D eigenvalue weighted by Gasteiger charge is 2.29. The molecule has 0 spiro atoms. The van der Waals surface area contributed by atoms with Crippen molar-refractivity contribution < 1.29 is 22.7 Å². The summed E-state index contributed by atoms with van der Waals surface area (Å²) in [5.74, 6) is -4.30. The zero-order valence-corrected chi connectivity index (χ0v) is 15.5. The normalized spacial score (nSPS) is 14.2. The van der Waals surface area contributed by atoms with Crippen molar-refractivity contribution in [1.82, 2.24) is 15.1 Å². The highest BCUT2D eigenvalue weighted by Crippen LogP contribution is 2.28. The molecular weight excluding hydrogens is 375 g/mol. The quantitative estimate of drug-likeness (QED) is 0.784. The van der Waals surface area contributed by atoms with Gasteiger partial charge in [0.15, 0.2) is 23.2 Å². The average molecular weight is 395 g/mol. The van der Waals surface area contributed by atoms with Gasteiger partial charge in [0.05, 0.1) is 12.7 Å². The molecule has 1 N–H and O–H groups in total. The fraction of sp³-hybridized carbons (Fsp3) is 0.389. The summed E-state index contributed by atoms with van der Waals surface area (Å²) in [6.07, 6.45) is 0. The molecule has 0 radical (unpaired) electrons. The summed E-state index contributed by atoms with van der Waals surface area (Å²) in [6, 6.07) is 4.20. The van der Waals surface area contributed by atoms with Crippen LogP contribution in [0.25, 0.3) is 0 Å². The highest BCUT2D eigenvalue weighted by molar-refractivity contribution is 5.95. The molecule has 0 saturated carbocycles. The molecule has 0 bridgehead atoms. The van der Waals surface area contributed by atoms with Crippen LogP contribution in [0.15, 0.2) is 18.2 Å². The maximum Gasteiger partial charge on any atom is 0.257 e. The van der Waals surface area contributed by atoms with Crippen molar-refractivity contribution in [1.29, 1.82) is 0 Å². The minimum Gasteiger partial charge on any atom is -0.491 e. The Kier molecular flexibility index (Phi) is 5.86. The zero-order chi connectivity index (χ0) is 20.3. The molecule has 0 aliphatic carbocycles. The number of halogens is 3. The molecule has 28 heavy (non-hydrogen) atoms. The Morgan fingerprint density at radius 1 is 1.14 bits per heavy atom. The van der Waals surface area contributed by atoms with E-state index in [0.717, 1.165) is 13.7 Å². The number of carbonyl (C=O) groups is 1. The van der Waals surface area contributed by atoms with Crippen LogP contribution in [0.3, 0.4) is 0 Å². The number of ether oxygens (including phenoxy) is 1. The Morgan fingerprint density at radius 2 is 1.86 bits per heavy atom. The molecule has 10 heteroatoms. The third-order valence-electron chi connectivity index (χ3n) is 4.45.